The zero-order valence-electron chi connectivity index (χ0n) is 20.6. The lowest BCUT2D eigenvalue weighted by molar-refractivity contribution is 0.231. The van der Waals surface area contributed by atoms with E-state index in [9.17, 15) is 4.79 Å². The van der Waals surface area contributed by atoms with E-state index in [-0.39, 0.29) is 11.9 Å². The summed E-state index contributed by atoms with van der Waals surface area (Å²) in [5.74, 6) is 6.98. The molecule has 4 nitrogen and oxygen atoms in total. The molecule has 0 radical (unpaired) electrons. The van der Waals surface area contributed by atoms with Crippen LogP contribution in [0.1, 0.15) is 29.5 Å². The third-order valence-electron chi connectivity index (χ3n) is 7.68. The van der Waals surface area contributed by atoms with Crippen LogP contribution in [0.2, 0.25) is 5.02 Å². The molecule has 5 aromatic rings. The van der Waals surface area contributed by atoms with Crippen molar-refractivity contribution in [1.82, 2.24) is 10.3 Å². The molecule has 1 aliphatic heterocycles. The number of rotatable bonds is 3. The summed E-state index contributed by atoms with van der Waals surface area (Å²) in [5.41, 5.74) is 2.94. The number of urea groups is 1. The number of amides is 2. The molecule has 1 saturated carbocycles. The number of fused-ring (bicyclic) bond motifs is 3. The van der Waals surface area contributed by atoms with Gasteiger partial charge in [0.2, 0.25) is 0 Å². The predicted octanol–water partition coefficient (Wildman–Crippen LogP) is 7.43. The van der Waals surface area contributed by atoms with Gasteiger partial charge in [0.25, 0.3) is 0 Å². The first-order valence-corrected chi connectivity index (χ1v) is 13.2. The molecule has 7 rings (SSSR count). The molecule has 1 aliphatic carbocycles. The highest BCUT2D eigenvalue weighted by atomic mass is 35.5. The highest BCUT2D eigenvalue weighted by molar-refractivity contribution is 6.30. The van der Waals surface area contributed by atoms with Gasteiger partial charge in [0, 0.05) is 28.5 Å². The van der Waals surface area contributed by atoms with E-state index in [1.165, 1.54) is 0 Å². The topological polar surface area (TPSA) is 45.2 Å². The van der Waals surface area contributed by atoms with Crippen LogP contribution in [0.25, 0.3) is 21.5 Å². The first kappa shape index (κ1) is 22.8. The van der Waals surface area contributed by atoms with Crippen LogP contribution in [-0.2, 0) is 12.1 Å². The molecular formula is C33H24ClN3O. The Hall–Kier alpha value is -4.33. The first-order chi connectivity index (χ1) is 18.6. The Balaban J connectivity index is 1.40. The Morgan fingerprint density at radius 1 is 0.947 bits per heavy atom. The third-order valence-corrected chi connectivity index (χ3v) is 7.91. The molecule has 1 aromatic heterocycles. The number of nitrogens with one attached hydrogen (secondary N) is 1. The number of carbonyl (C=O) groups excluding carboxylic acids is 1. The van der Waals surface area contributed by atoms with Gasteiger partial charge in [-0.15, -0.1) is 0 Å². The summed E-state index contributed by atoms with van der Waals surface area (Å²) >= 11 is 6.56. The van der Waals surface area contributed by atoms with E-state index >= 15 is 0 Å². The third kappa shape index (κ3) is 3.79. The number of anilines is 1. The van der Waals surface area contributed by atoms with Gasteiger partial charge in [-0.25, -0.2) is 4.79 Å². The van der Waals surface area contributed by atoms with Crippen LogP contribution in [-0.4, -0.2) is 11.0 Å². The van der Waals surface area contributed by atoms with E-state index < -0.39 is 5.54 Å². The Bertz CT molecular complexity index is 1730. The van der Waals surface area contributed by atoms with Crippen molar-refractivity contribution in [2.24, 2.45) is 5.92 Å². The van der Waals surface area contributed by atoms with E-state index in [0.29, 0.717) is 11.6 Å². The van der Waals surface area contributed by atoms with Crippen LogP contribution >= 0.6 is 11.6 Å². The van der Waals surface area contributed by atoms with E-state index in [2.05, 4.69) is 76.7 Å². The molecule has 2 heterocycles. The molecule has 0 saturated heterocycles. The van der Waals surface area contributed by atoms with Crippen molar-refractivity contribution in [1.29, 1.82) is 0 Å². The lowest BCUT2D eigenvalue weighted by Crippen LogP contribution is -2.57. The van der Waals surface area contributed by atoms with Crippen LogP contribution in [0.4, 0.5) is 10.5 Å². The summed E-state index contributed by atoms with van der Waals surface area (Å²) in [6.07, 6.45) is 5.48. The zero-order chi connectivity index (χ0) is 25.7. The number of pyridine rings is 1. The average molecular weight is 514 g/mol. The van der Waals surface area contributed by atoms with Crippen molar-refractivity contribution in [2.75, 3.05) is 4.90 Å². The van der Waals surface area contributed by atoms with Gasteiger partial charge in [-0.2, -0.15) is 0 Å². The zero-order valence-corrected chi connectivity index (χ0v) is 21.4. The van der Waals surface area contributed by atoms with Gasteiger partial charge in [0.1, 0.15) is 5.54 Å². The van der Waals surface area contributed by atoms with Crippen molar-refractivity contribution >= 4 is 44.9 Å². The van der Waals surface area contributed by atoms with Gasteiger partial charge in [-0.05, 0) is 82.3 Å². The summed E-state index contributed by atoms with van der Waals surface area (Å²) in [5, 5.41) is 8.58. The van der Waals surface area contributed by atoms with Gasteiger partial charge >= 0.3 is 6.03 Å². The molecule has 4 aromatic carbocycles. The molecule has 1 fully saturated rings. The fraction of sp³-hybridized carbons (Fsp3) is 0.152. The van der Waals surface area contributed by atoms with Crippen LogP contribution in [0.5, 0.6) is 0 Å². The van der Waals surface area contributed by atoms with Crippen molar-refractivity contribution in [3.8, 4) is 11.8 Å². The van der Waals surface area contributed by atoms with Gasteiger partial charge in [-0.3, -0.25) is 9.88 Å². The van der Waals surface area contributed by atoms with E-state index in [4.69, 9.17) is 11.6 Å². The maximum absolute atomic E-state index is 14.0. The second kappa shape index (κ2) is 8.90. The second-order valence-corrected chi connectivity index (χ2v) is 10.5. The normalized spacial score (nSPS) is 18.6. The number of hydrogen-bond acceptors (Lipinski definition) is 2. The summed E-state index contributed by atoms with van der Waals surface area (Å²) in [7, 11) is 0. The Labute approximate surface area is 226 Å². The average Bonchev–Trinajstić information content (AvgIpc) is 3.80. The lowest BCUT2D eigenvalue weighted by Gasteiger charge is -2.41. The summed E-state index contributed by atoms with van der Waals surface area (Å²) in [6.45, 7) is 0.430. The molecule has 0 bridgehead atoms. The number of carbonyl (C=O) groups is 1. The molecule has 38 heavy (non-hydrogen) atoms. The van der Waals surface area contributed by atoms with Crippen LogP contribution in [0.3, 0.4) is 0 Å². The van der Waals surface area contributed by atoms with Crippen molar-refractivity contribution in [3.63, 3.8) is 0 Å². The monoisotopic (exact) mass is 513 g/mol. The van der Waals surface area contributed by atoms with Crippen LogP contribution in [0, 0.1) is 17.8 Å². The van der Waals surface area contributed by atoms with E-state index in [1.54, 1.807) is 12.4 Å². The van der Waals surface area contributed by atoms with Crippen LogP contribution in [0.15, 0.2) is 97.3 Å². The Kier molecular flexibility index (Phi) is 5.35. The van der Waals surface area contributed by atoms with Gasteiger partial charge in [0.05, 0.1) is 12.2 Å². The van der Waals surface area contributed by atoms with Gasteiger partial charge in [0.15, 0.2) is 0 Å². The second-order valence-electron chi connectivity index (χ2n) is 10.0. The number of hydrogen-bond donors (Lipinski definition) is 1. The fourth-order valence-corrected chi connectivity index (χ4v) is 5.88. The predicted molar refractivity (Wildman–Crippen MR) is 153 cm³/mol. The first-order valence-electron chi connectivity index (χ1n) is 12.8. The van der Waals surface area contributed by atoms with Gasteiger partial charge in [-0.1, -0.05) is 72.0 Å². The number of benzene rings is 4. The highest BCUT2D eigenvalue weighted by Gasteiger charge is 2.51. The molecule has 184 valence electrons. The highest BCUT2D eigenvalue weighted by Crippen LogP contribution is 2.51. The molecule has 1 atom stereocenters. The maximum Gasteiger partial charge on any atom is 0.323 e. The standard InChI is InChI=1S/C33H24ClN3O/c34-26-13-14-31-30(19-26)33(25-11-12-25,16-15-22-6-5-17-35-20-22)36-32(38)37(31)21-29-27-9-3-1-7-23(27)18-24-8-2-4-10-28(24)29/h1-10,13-14,17-20,25H,11-12,21H2,(H,36,38)/t33-/m1/s1. The Morgan fingerprint density at radius 2 is 1.68 bits per heavy atom. The molecule has 1 N–H and O–H groups in total. The molecule has 0 spiro atoms. The molecular weight excluding hydrogens is 490 g/mol. The summed E-state index contributed by atoms with van der Waals surface area (Å²) in [4.78, 5) is 20.0. The fourth-order valence-electron chi connectivity index (χ4n) is 5.71. The van der Waals surface area contributed by atoms with Crippen LogP contribution < -0.4 is 10.2 Å². The van der Waals surface area contributed by atoms with Crippen molar-refractivity contribution < 1.29 is 4.79 Å². The minimum atomic E-state index is -0.801. The maximum atomic E-state index is 14.0. The van der Waals surface area contributed by atoms with Crippen molar-refractivity contribution in [2.45, 2.75) is 24.9 Å². The number of halogens is 1. The number of aromatic nitrogens is 1. The molecule has 5 heteroatoms. The lowest BCUT2D eigenvalue weighted by atomic mass is 9.82. The summed E-state index contributed by atoms with van der Waals surface area (Å²) in [6, 6.07) is 28.4. The van der Waals surface area contributed by atoms with E-state index in [0.717, 1.165) is 56.8 Å². The number of nitrogens with zero attached hydrogens (tertiary/aromatic N) is 2. The van der Waals surface area contributed by atoms with E-state index in [1.807, 2.05) is 35.2 Å². The molecule has 2 aliphatic rings. The molecule has 0 unspecified atom stereocenters. The quantitative estimate of drug-likeness (QED) is 0.201. The SMILES string of the molecule is O=C1N[C@](C#Cc2cccnc2)(C2CC2)c2cc(Cl)ccc2N1Cc1c2ccccc2cc2ccccc12. The minimum absolute atomic E-state index is 0.149. The minimum Gasteiger partial charge on any atom is -0.317 e. The van der Waals surface area contributed by atoms with Gasteiger partial charge < -0.3 is 5.32 Å². The molecule has 2 amide bonds. The smallest absolute Gasteiger partial charge is 0.317 e. The van der Waals surface area contributed by atoms with Crippen molar-refractivity contribution in [3.05, 3.63) is 119 Å². The Morgan fingerprint density at radius 3 is 2.37 bits per heavy atom. The summed E-state index contributed by atoms with van der Waals surface area (Å²) < 4.78 is 0. The largest absolute Gasteiger partial charge is 0.323 e.